The minimum atomic E-state index is -0.551. The highest BCUT2D eigenvalue weighted by molar-refractivity contribution is 6.32. The average molecular weight is 532 g/mol. The van der Waals surface area contributed by atoms with Gasteiger partial charge in [-0.25, -0.2) is 10.2 Å². The maximum atomic E-state index is 12.7. The molecule has 0 spiro atoms. The van der Waals surface area contributed by atoms with Crippen LogP contribution in [-0.2, 0) is 9.53 Å². The van der Waals surface area contributed by atoms with Crippen molar-refractivity contribution in [3.05, 3.63) is 101 Å². The van der Waals surface area contributed by atoms with E-state index in [2.05, 4.69) is 44.1 Å². The molecule has 1 heterocycles. The highest BCUT2D eigenvalue weighted by atomic mass is 35.5. The van der Waals surface area contributed by atoms with E-state index in [1.807, 2.05) is 37.3 Å². The molecule has 4 rings (SSSR count). The summed E-state index contributed by atoms with van der Waals surface area (Å²) in [4.78, 5) is 24.0. The lowest BCUT2D eigenvalue weighted by atomic mass is 10.1. The Morgan fingerprint density at radius 3 is 2.42 bits per heavy atom. The third-order valence-corrected chi connectivity index (χ3v) is 6.01. The second kappa shape index (κ2) is 12.1. The van der Waals surface area contributed by atoms with E-state index in [9.17, 15) is 9.59 Å². The number of aryl methyl sites for hydroxylation is 1. The molecule has 1 N–H and O–H groups in total. The third-order valence-electron chi connectivity index (χ3n) is 5.73. The quantitative estimate of drug-likeness (QED) is 0.177. The van der Waals surface area contributed by atoms with Crippen LogP contribution in [0.25, 0.3) is 16.9 Å². The van der Waals surface area contributed by atoms with E-state index >= 15 is 0 Å². The molecule has 0 saturated heterocycles. The molecule has 4 aromatic rings. The van der Waals surface area contributed by atoms with E-state index < -0.39 is 5.97 Å². The molecule has 3 aromatic carbocycles. The second-order valence-electron chi connectivity index (χ2n) is 8.21. The molecule has 0 unspecified atom stereocenters. The summed E-state index contributed by atoms with van der Waals surface area (Å²) < 4.78 is 17.4. The number of hydrogen-bond donors (Lipinski definition) is 1. The van der Waals surface area contributed by atoms with Crippen molar-refractivity contribution >= 4 is 29.7 Å². The Morgan fingerprint density at radius 1 is 1.00 bits per heavy atom. The molecule has 1 amide bonds. The van der Waals surface area contributed by atoms with Gasteiger partial charge in [-0.1, -0.05) is 41.9 Å². The maximum Gasteiger partial charge on any atom is 0.343 e. The monoisotopic (exact) mass is 531 g/mol. The summed E-state index contributed by atoms with van der Waals surface area (Å²) in [6.45, 7) is 1.73. The highest BCUT2D eigenvalue weighted by Gasteiger charge is 2.14. The molecule has 1 aromatic heterocycles. The Kier molecular flexibility index (Phi) is 8.45. The van der Waals surface area contributed by atoms with Crippen LogP contribution in [0.15, 0.2) is 84.0 Å². The van der Waals surface area contributed by atoms with Crippen molar-refractivity contribution in [2.75, 3.05) is 20.8 Å². The van der Waals surface area contributed by atoms with E-state index in [0.29, 0.717) is 16.9 Å². The molecule has 0 bridgehead atoms. The Bertz CT molecular complexity index is 1460. The van der Waals surface area contributed by atoms with Crippen LogP contribution < -0.4 is 14.9 Å². The Hall–Kier alpha value is -4.56. The average Bonchev–Trinajstić information content (AvgIpc) is 3.33. The number of halogens is 1. The van der Waals surface area contributed by atoms with Gasteiger partial charge in [0.05, 0.1) is 31.2 Å². The van der Waals surface area contributed by atoms with Crippen LogP contribution in [0.1, 0.15) is 21.6 Å². The van der Waals surface area contributed by atoms with Crippen molar-refractivity contribution < 1.29 is 23.8 Å². The third kappa shape index (κ3) is 6.04. The number of carbonyl (C=O) groups is 2. The summed E-state index contributed by atoms with van der Waals surface area (Å²) in [7, 11) is 2.71. The van der Waals surface area contributed by atoms with Crippen LogP contribution in [0.5, 0.6) is 11.5 Å². The van der Waals surface area contributed by atoms with Gasteiger partial charge in [-0.3, -0.25) is 4.79 Å². The second-order valence-corrected chi connectivity index (χ2v) is 8.61. The minimum Gasteiger partial charge on any atom is -0.493 e. The lowest BCUT2D eigenvalue weighted by Crippen LogP contribution is -2.17. The van der Waals surface area contributed by atoms with Crippen LogP contribution in [0, 0.1) is 6.92 Å². The van der Waals surface area contributed by atoms with Crippen molar-refractivity contribution in [3.63, 3.8) is 0 Å². The summed E-state index contributed by atoms with van der Waals surface area (Å²) in [6.07, 6.45) is 1.43. The zero-order valence-electron chi connectivity index (χ0n) is 21.1. The van der Waals surface area contributed by atoms with E-state index in [1.54, 1.807) is 24.3 Å². The standard InChI is InChI=1S/C29H26ClN3O5/c1-19-9-14-25(21-7-5-4-6-8-21)33(19)23-12-10-22(11-13-23)29(35)32-31-17-20-15-24(30)28(26(16-20)36-2)38-18-27(34)37-3/h4-17H,18H2,1-3H3,(H,32,35)/b31-17+. The van der Waals surface area contributed by atoms with Crippen molar-refractivity contribution in [2.24, 2.45) is 5.10 Å². The molecule has 194 valence electrons. The minimum absolute atomic E-state index is 0.203. The fourth-order valence-corrected chi connectivity index (χ4v) is 4.13. The van der Waals surface area contributed by atoms with Crippen LogP contribution in [-0.4, -0.2) is 43.5 Å². The fraction of sp³-hybridized carbons (Fsp3) is 0.138. The summed E-state index contributed by atoms with van der Waals surface area (Å²) in [5.41, 5.74) is 7.74. The Morgan fingerprint density at radius 2 is 1.74 bits per heavy atom. The highest BCUT2D eigenvalue weighted by Crippen LogP contribution is 2.36. The number of amides is 1. The first kappa shape index (κ1) is 26.5. The van der Waals surface area contributed by atoms with Gasteiger partial charge in [0, 0.05) is 16.9 Å². The maximum absolute atomic E-state index is 12.7. The molecule has 0 aliphatic carbocycles. The molecule has 0 aliphatic heterocycles. The van der Waals surface area contributed by atoms with Gasteiger partial charge in [0.2, 0.25) is 0 Å². The zero-order chi connectivity index (χ0) is 27.1. The fourth-order valence-electron chi connectivity index (χ4n) is 3.85. The molecular weight excluding hydrogens is 506 g/mol. The lowest BCUT2D eigenvalue weighted by Gasteiger charge is -2.13. The van der Waals surface area contributed by atoms with Gasteiger partial charge < -0.3 is 18.8 Å². The summed E-state index contributed by atoms with van der Waals surface area (Å²) in [5, 5.41) is 4.25. The molecule has 8 nitrogen and oxygen atoms in total. The van der Waals surface area contributed by atoms with Gasteiger partial charge in [0.1, 0.15) is 0 Å². The molecule has 0 saturated carbocycles. The van der Waals surface area contributed by atoms with E-state index in [1.165, 1.54) is 20.4 Å². The van der Waals surface area contributed by atoms with Gasteiger partial charge >= 0.3 is 5.97 Å². The van der Waals surface area contributed by atoms with E-state index in [4.69, 9.17) is 21.1 Å². The number of carbonyl (C=O) groups excluding carboxylic acids is 2. The first-order chi connectivity index (χ1) is 18.4. The molecule has 9 heteroatoms. The Balaban J connectivity index is 1.45. The first-order valence-corrected chi connectivity index (χ1v) is 12.0. The lowest BCUT2D eigenvalue weighted by molar-refractivity contribution is -0.142. The number of hydrazone groups is 1. The summed E-state index contributed by atoms with van der Waals surface area (Å²) in [6, 6.07) is 24.8. The van der Waals surface area contributed by atoms with Crippen LogP contribution in [0.2, 0.25) is 5.02 Å². The predicted octanol–water partition coefficient (Wildman–Crippen LogP) is 5.43. The SMILES string of the molecule is COC(=O)COc1c(Cl)cc(/C=N/NC(=O)c2ccc(-n3c(C)ccc3-c3ccccc3)cc2)cc1OC. The molecule has 0 fully saturated rings. The van der Waals surface area contributed by atoms with Crippen molar-refractivity contribution in [1.82, 2.24) is 9.99 Å². The molecule has 0 radical (unpaired) electrons. The number of esters is 1. The predicted molar refractivity (Wildman–Crippen MR) is 147 cm³/mol. The molecular formula is C29H26ClN3O5. The van der Waals surface area contributed by atoms with Crippen LogP contribution in [0.4, 0.5) is 0 Å². The molecule has 38 heavy (non-hydrogen) atoms. The first-order valence-electron chi connectivity index (χ1n) is 11.7. The number of ether oxygens (including phenoxy) is 3. The number of nitrogens with one attached hydrogen (secondary N) is 1. The molecule has 0 atom stereocenters. The van der Waals surface area contributed by atoms with Gasteiger partial charge in [0.25, 0.3) is 5.91 Å². The van der Waals surface area contributed by atoms with Gasteiger partial charge in [-0.15, -0.1) is 0 Å². The van der Waals surface area contributed by atoms with E-state index in [0.717, 1.165) is 22.6 Å². The number of rotatable bonds is 9. The smallest absolute Gasteiger partial charge is 0.343 e. The number of hydrogen-bond acceptors (Lipinski definition) is 6. The van der Waals surface area contributed by atoms with E-state index in [-0.39, 0.29) is 23.3 Å². The number of nitrogens with zero attached hydrogens (tertiary/aromatic N) is 2. The summed E-state index contributed by atoms with van der Waals surface area (Å²) >= 11 is 6.29. The van der Waals surface area contributed by atoms with Gasteiger partial charge in [-0.2, -0.15) is 5.10 Å². The van der Waals surface area contributed by atoms with Gasteiger partial charge in [0.15, 0.2) is 18.1 Å². The zero-order valence-corrected chi connectivity index (χ0v) is 21.9. The summed E-state index contributed by atoms with van der Waals surface area (Å²) in [5.74, 6) is -0.407. The number of methoxy groups -OCH3 is 2. The number of aromatic nitrogens is 1. The van der Waals surface area contributed by atoms with Crippen molar-refractivity contribution in [2.45, 2.75) is 6.92 Å². The van der Waals surface area contributed by atoms with Crippen LogP contribution in [0.3, 0.4) is 0 Å². The topological polar surface area (TPSA) is 91.2 Å². The largest absolute Gasteiger partial charge is 0.493 e. The Labute approximate surface area is 225 Å². The molecule has 0 aliphatic rings. The van der Waals surface area contributed by atoms with Crippen molar-refractivity contribution in [3.8, 4) is 28.4 Å². The van der Waals surface area contributed by atoms with Crippen molar-refractivity contribution in [1.29, 1.82) is 0 Å². The number of benzene rings is 3. The normalized spacial score (nSPS) is 10.8. The van der Waals surface area contributed by atoms with Crippen LogP contribution >= 0.6 is 11.6 Å². The van der Waals surface area contributed by atoms with Gasteiger partial charge in [-0.05, 0) is 66.6 Å².